The van der Waals surface area contributed by atoms with Crippen molar-refractivity contribution in [2.45, 2.75) is 111 Å². The van der Waals surface area contributed by atoms with Crippen LogP contribution in [0.1, 0.15) is 105 Å². The molecule has 5 rings (SSSR count). The van der Waals surface area contributed by atoms with Gasteiger partial charge in [0.05, 0.1) is 0 Å². The Kier molecular flexibility index (Phi) is 8.26. The van der Waals surface area contributed by atoms with Gasteiger partial charge in [-0.2, -0.15) is 0 Å². The second-order valence-electron chi connectivity index (χ2n) is 14.2. The first-order chi connectivity index (χ1) is 18.1. The van der Waals surface area contributed by atoms with E-state index in [1.807, 2.05) is 12.1 Å². The molecule has 8 unspecified atom stereocenters. The van der Waals surface area contributed by atoms with Crippen LogP contribution in [-0.2, 0) is 4.74 Å². The number of carbonyl (C=O) groups is 1. The first-order valence-electron chi connectivity index (χ1n) is 15.5. The first-order valence-corrected chi connectivity index (χ1v) is 15.9. The van der Waals surface area contributed by atoms with Crippen LogP contribution >= 0.6 is 11.6 Å². The van der Waals surface area contributed by atoms with Crippen LogP contribution in [0.25, 0.3) is 0 Å². The highest BCUT2D eigenvalue weighted by molar-refractivity contribution is 6.30. The molecule has 1 amide bonds. The Balaban J connectivity index is 1.21. The number of hydrogen-bond donors (Lipinski definition) is 1. The van der Waals surface area contributed by atoms with E-state index in [9.17, 15) is 4.79 Å². The summed E-state index contributed by atoms with van der Waals surface area (Å²) in [5, 5.41) is 3.52. The Bertz CT molecular complexity index is 1020. The molecule has 3 nitrogen and oxygen atoms in total. The van der Waals surface area contributed by atoms with E-state index >= 15 is 0 Å². The molecule has 0 radical (unpaired) electrons. The molecular formula is C34H50ClNO2. The van der Waals surface area contributed by atoms with Gasteiger partial charge in [0.15, 0.2) is 0 Å². The van der Waals surface area contributed by atoms with Crippen LogP contribution in [0.2, 0.25) is 5.02 Å². The Morgan fingerprint density at radius 3 is 2.53 bits per heavy atom. The molecule has 4 aliphatic carbocycles. The Labute approximate surface area is 236 Å². The fraction of sp³-hybridized carbons (Fsp3) is 0.735. The van der Waals surface area contributed by atoms with Crippen LogP contribution in [0.3, 0.4) is 0 Å². The van der Waals surface area contributed by atoms with Crippen LogP contribution in [-0.4, -0.2) is 12.2 Å². The molecule has 0 heterocycles. The molecule has 4 aliphatic rings. The number of nitrogens with one attached hydrogen (secondary N) is 1. The minimum Gasteiger partial charge on any atom is -0.446 e. The van der Waals surface area contributed by atoms with Crippen molar-refractivity contribution in [2.75, 3.05) is 5.32 Å². The van der Waals surface area contributed by atoms with Crippen molar-refractivity contribution in [2.24, 2.45) is 46.3 Å². The molecule has 0 aromatic heterocycles. The maximum Gasteiger partial charge on any atom is 0.411 e. The minimum atomic E-state index is -0.358. The number of halogens is 1. The van der Waals surface area contributed by atoms with E-state index in [-0.39, 0.29) is 17.6 Å². The smallest absolute Gasteiger partial charge is 0.411 e. The number of hydrogen-bond acceptors (Lipinski definition) is 2. The van der Waals surface area contributed by atoms with Gasteiger partial charge in [-0.1, -0.05) is 77.1 Å². The molecule has 0 bridgehead atoms. The van der Waals surface area contributed by atoms with Crippen molar-refractivity contribution in [3.8, 4) is 0 Å². The van der Waals surface area contributed by atoms with Gasteiger partial charge in [-0.15, -0.1) is 0 Å². The van der Waals surface area contributed by atoms with E-state index in [0.717, 1.165) is 54.8 Å². The van der Waals surface area contributed by atoms with Gasteiger partial charge >= 0.3 is 6.09 Å². The molecule has 1 aromatic carbocycles. The molecule has 1 N–H and O–H groups in total. The average molecular weight is 540 g/mol. The van der Waals surface area contributed by atoms with Crippen LogP contribution in [0, 0.1) is 46.3 Å². The van der Waals surface area contributed by atoms with Gasteiger partial charge in [-0.25, -0.2) is 4.79 Å². The highest BCUT2D eigenvalue weighted by Crippen LogP contribution is 2.67. The SMILES string of the molecule is CC(C)CCCC(C)C1CCC2C3CC=C4CC(OC(=O)Nc5ccc(Cl)cc5)CCC4(C)C3CCC12C. The van der Waals surface area contributed by atoms with E-state index in [4.69, 9.17) is 16.3 Å². The monoisotopic (exact) mass is 539 g/mol. The van der Waals surface area contributed by atoms with E-state index in [1.165, 1.54) is 51.4 Å². The average Bonchev–Trinajstić information content (AvgIpc) is 3.23. The van der Waals surface area contributed by atoms with Crippen LogP contribution in [0.5, 0.6) is 0 Å². The lowest BCUT2D eigenvalue weighted by atomic mass is 9.47. The third-order valence-corrected chi connectivity index (χ3v) is 11.9. The van der Waals surface area contributed by atoms with Gasteiger partial charge in [-0.3, -0.25) is 5.32 Å². The van der Waals surface area contributed by atoms with E-state index in [1.54, 1.807) is 17.7 Å². The van der Waals surface area contributed by atoms with Crippen molar-refractivity contribution < 1.29 is 9.53 Å². The molecule has 0 spiro atoms. The Morgan fingerprint density at radius 2 is 1.79 bits per heavy atom. The number of carbonyl (C=O) groups excluding carboxylic acids is 1. The van der Waals surface area contributed by atoms with E-state index < -0.39 is 0 Å². The van der Waals surface area contributed by atoms with E-state index in [0.29, 0.717) is 16.1 Å². The summed E-state index contributed by atoms with van der Waals surface area (Å²) >= 11 is 5.97. The molecule has 3 fully saturated rings. The standard InChI is InChI=1S/C34H50ClNO2/c1-22(2)7-6-8-23(3)29-15-16-30-28-14-9-24-21-27(38-32(37)36-26-12-10-25(35)11-13-26)17-19-33(24,4)31(28)18-20-34(29,30)5/h9-13,22-23,27-31H,6-8,14-21H2,1-5H3,(H,36,37). The molecule has 0 saturated heterocycles. The molecule has 0 aliphatic heterocycles. The fourth-order valence-corrected chi connectivity index (χ4v) is 9.71. The summed E-state index contributed by atoms with van der Waals surface area (Å²) in [6.07, 6.45) is 16.3. The minimum absolute atomic E-state index is 0.0328. The lowest BCUT2D eigenvalue weighted by Gasteiger charge is -2.58. The summed E-state index contributed by atoms with van der Waals surface area (Å²) in [5.41, 5.74) is 3.08. The van der Waals surface area contributed by atoms with Crippen molar-refractivity contribution in [1.82, 2.24) is 0 Å². The fourth-order valence-electron chi connectivity index (χ4n) is 9.58. The zero-order valence-corrected chi connectivity index (χ0v) is 25.2. The van der Waals surface area contributed by atoms with Crippen molar-refractivity contribution >= 4 is 23.4 Å². The Morgan fingerprint density at radius 1 is 1.03 bits per heavy atom. The van der Waals surface area contributed by atoms with Gasteiger partial charge in [-0.05, 0) is 116 Å². The van der Waals surface area contributed by atoms with Crippen molar-refractivity contribution in [1.29, 1.82) is 0 Å². The zero-order valence-electron chi connectivity index (χ0n) is 24.4. The highest BCUT2D eigenvalue weighted by Gasteiger charge is 2.59. The lowest BCUT2D eigenvalue weighted by Crippen LogP contribution is -2.51. The van der Waals surface area contributed by atoms with Crippen molar-refractivity contribution in [3.63, 3.8) is 0 Å². The van der Waals surface area contributed by atoms with Gasteiger partial charge in [0.2, 0.25) is 0 Å². The number of fused-ring (bicyclic) bond motifs is 5. The van der Waals surface area contributed by atoms with Crippen LogP contribution in [0.15, 0.2) is 35.9 Å². The second kappa shape index (κ2) is 11.2. The molecule has 210 valence electrons. The third kappa shape index (κ3) is 5.43. The van der Waals surface area contributed by atoms with Gasteiger partial charge in [0.1, 0.15) is 6.10 Å². The summed E-state index contributed by atoms with van der Waals surface area (Å²) in [6.45, 7) is 12.5. The lowest BCUT2D eigenvalue weighted by molar-refractivity contribution is -0.0577. The second-order valence-corrected chi connectivity index (χ2v) is 14.6. The topological polar surface area (TPSA) is 38.3 Å². The number of allylic oxidation sites excluding steroid dienone is 1. The molecule has 38 heavy (non-hydrogen) atoms. The summed E-state index contributed by atoms with van der Waals surface area (Å²) in [4.78, 5) is 12.6. The third-order valence-electron chi connectivity index (χ3n) is 11.6. The number of benzene rings is 1. The highest BCUT2D eigenvalue weighted by atomic mass is 35.5. The maximum atomic E-state index is 12.6. The van der Waals surface area contributed by atoms with Crippen molar-refractivity contribution in [3.05, 3.63) is 40.9 Å². The first kappa shape index (κ1) is 28.1. The molecule has 3 saturated carbocycles. The Hall–Kier alpha value is -1.48. The maximum absolute atomic E-state index is 12.6. The number of amides is 1. The van der Waals surface area contributed by atoms with Crippen LogP contribution in [0.4, 0.5) is 10.5 Å². The number of ether oxygens (including phenoxy) is 1. The van der Waals surface area contributed by atoms with Crippen LogP contribution < -0.4 is 5.32 Å². The van der Waals surface area contributed by atoms with Gasteiger partial charge in [0.25, 0.3) is 0 Å². The summed E-state index contributed by atoms with van der Waals surface area (Å²) in [6, 6.07) is 7.17. The molecule has 4 heteroatoms. The normalized spacial score (nSPS) is 37.0. The number of rotatable bonds is 7. The van der Waals surface area contributed by atoms with E-state index in [2.05, 4.69) is 46.0 Å². The summed E-state index contributed by atoms with van der Waals surface area (Å²) in [7, 11) is 0. The zero-order chi connectivity index (χ0) is 27.1. The predicted molar refractivity (Wildman–Crippen MR) is 158 cm³/mol. The summed E-state index contributed by atoms with van der Waals surface area (Å²) < 4.78 is 5.90. The quantitative estimate of drug-likeness (QED) is 0.350. The largest absolute Gasteiger partial charge is 0.446 e. The predicted octanol–water partition coefficient (Wildman–Crippen LogP) is 10.3. The molecule has 8 atom stereocenters. The number of anilines is 1. The molecule has 1 aromatic rings. The molecular weight excluding hydrogens is 490 g/mol. The summed E-state index contributed by atoms with van der Waals surface area (Å²) in [5.74, 6) is 5.10. The van der Waals surface area contributed by atoms with Gasteiger partial charge in [0, 0.05) is 17.1 Å². The van der Waals surface area contributed by atoms with Gasteiger partial charge < -0.3 is 4.74 Å².